The molecule has 1 fully saturated rings. The zero-order valence-electron chi connectivity index (χ0n) is 17.5. The van der Waals surface area contributed by atoms with Crippen molar-refractivity contribution in [1.82, 2.24) is 9.62 Å². The van der Waals surface area contributed by atoms with Crippen LogP contribution in [0, 0.1) is 6.92 Å². The van der Waals surface area contributed by atoms with Crippen LogP contribution >= 0.6 is 0 Å². The van der Waals surface area contributed by atoms with Crippen LogP contribution in [0.5, 0.6) is 5.75 Å². The Labute approximate surface area is 174 Å². The first-order valence-corrected chi connectivity index (χ1v) is 11.6. The van der Waals surface area contributed by atoms with Crippen LogP contribution in [0.25, 0.3) is 0 Å². The molecule has 1 N–H and O–H groups in total. The summed E-state index contributed by atoms with van der Waals surface area (Å²) in [7, 11) is -1.96. The minimum Gasteiger partial charge on any atom is -0.497 e. The number of rotatable bonds is 8. The summed E-state index contributed by atoms with van der Waals surface area (Å²) in [6.07, 6.45) is 0.778. The molecule has 158 valence electrons. The van der Waals surface area contributed by atoms with Crippen LogP contribution in [0.1, 0.15) is 18.9 Å². The van der Waals surface area contributed by atoms with Gasteiger partial charge in [-0.2, -0.15) is 0 Å². The molecule has 1 saturated heterocycles. The van der Waals surface area contributed by atoms with Crippen molar-refractivity contribution in [3.05, 3.63) is 54.1 Å². The van der Waals surface area contributed by atoms with E-state index in [-0.39, 0.29) is 10.9 Å². The summed E-state index contributed by atoms with van der Waals surface area (Å²) in [5, 5.41) is 0. The molecular formula is C22H31N3O3S. The Bertz CT molecular complexity index is 892. The maximum Gasteiger partial charge on any atom is 0.240 e. The van der Waals surface area contributed by atoms with Crippen molar-refractivity contribution in [2.75, 3.05) is 44.7 Å². The molecule has 1 atom stereocenters. The molecule has 1 unspecified atom stereocenters. The number of hydrogen-bond acceptors (Lipinski definition) is 5. The summed E-state index contributed by atoms with van der Waals surface area (Å²) < 4.78 is 33.0. The van der Waals surface area contributed by atoms with E-state index in [1.165, 1.54) is 11.3 Å². The molecular weight excluding hydrogens is 386 g/mol. The van der Waals surface area contributed by atoms with Gasteiger partial charge in [0.05, 0.1) is 12.0 Å². The first-order chi connectivity index (χ1) is 13.9. The number of methoxy groups -OCH3 is 1. The number of aryl methyl sites for hydroxylation is 1. The largest absolute Gasteiger partial charge is 0.497 e. The Hall–Kier alpha value is -2.09. The second-order valence-electron chi connectivity index (χ2n) is 7.65. The van der Waals surface area contributed by atoms with Crippen LogP contribution in [-0.4, -0.2) is 59.2 Å². The van der Waals surface area contributed by atoms with Crippen molar-refractivity contribution in [3.8, 4) is 5.75 Å². The third kappa shape index (κ3) is 5.95. The first-order valence-electron chi connectivity index (χ1n) is 10.1. The monoisotopic (exact) mass is 417 g/mol. The Morgan fingerprint density at radius 2 is 1.76 bits per heavy atom. The van der Waals surface area contributed by atoms with Crippen LogP contribution in [0.3, 0.4) is 0 Å². The van der Waals surface area contributed by atoms with Crippen LogP contribution < -0.4 is 14.4 Å². The van der Waals surface area contributed by atoms with Gasteiger partial charge in [-0.25, -0.2) is 13.1 Å². The van der Waals surface area contributed by atoms with Gasteiger partial charge in [0, 0.05) is 37.9 Å². The number of sulfonamides is 1. The minimum atomic E-state index is -3.52. The van der Waals surface area contributed by atoms with Crippen LogP contribution in [0.4, 0.5) is 5.69 Å². The molecule has 0 spiro atoms. The summed E-state index contributed by atoms with van der Waals surface area (Å²) in [4.78, 5) is 5.08. The number of anilines is 1. The van der Waals surface area contributed by atoms with Gasteiger partial charge in [0.25, 0.3) is 0 Å². The Morgan fingerprint density at radius 3 is 2.38 bits per heavy atom. The van der Waals surface area contributed by atoms with E-state index in [4.69, 9.17) is 4.74 Å². The number of benzene rings is 2. The fourth-order valence-electron chi connectivity index (χ4n) is 3.58. The quantitative estimate of drug-likeness (QED) is 0.716. The number of nitrogens with one attached hydrogen (secondary N) is 1. The highest BCUT2D eigenvalue weighted by Crippen LogP contribution is 2.18. The summed E-state index contributed by atoms with van der Waals surface area (Å²) in [5.74, 6) is 0.641. The summed E-state index contributed by atoms with van der Waals surface area (Å²) in [5.41, 5.74) is 2.56. The molecule has 1 aliphatic heterocycles. The van der Waals surface area contributed by atoms with Gasteiger partial charge in [-0.3, -0.25) is 4.90 Å². The number of hydrogen-bond donors (Lipinski definition) is 1. The molecule has 1 aliphatic rings. The molecule has 0 radical (unpaired) electrons. The molecule has 0 aromatic heterocycles. The maximum atomic E-state index is 12.5. The topological polar surface area (TPSA) is 61.9 Å². The van der Waals surface area contributed by atoms with Gasteiger partial charge < -0.3 is 9.64 Å². The zero-order chi connectivity index (χ0) is 20.9. The maximum absolute atomic E-state index is 12.5. The lowest BCUT2D eigenvalue weighted by molar-refractivity contribution is 0.248. The Balaban J connectivity index is 1.45. The van der Waals surface area contributed by atoms with Crippen molar-refractivity contribution < 1.29 is 13.2 Å². The number of ether oxygens (including phenoxy) is 1. The highest BCUT2D eigenvalue weighted by Gasteiger charge is 2.20. The fourth-order valence-corrected chi connectivity index (χ4v) is 4.86. The average Bonchev–Trinajstić information content (AvgIpc) is 2.72. The van der Waals surface area contributed by atoms with Crippen molar-refractivity contribution >= 4 is 15.7 Å². The summed E-state index contributed by atoms with van der Waals surface area (Å²) in [6, 6.07) is 14.9. The predicted octanol–water partition coefficient (Wildman–Crippen LogP) is 2.88. The van der Waals surface area contributed by atoms with E-state index in [0.29, 0.717) is 5.75 Å². The normalized spacial score (nSPS) is 16.6. The van der Waals surface area contributed by atoms with Crippen molar-refractivity contribution in [1.29, 1.82) is 0 Å². The third-order valence-electron chi connectivity index (χ3n) is 5.34. The van der Waals surface area contributed by atoms with Gasteiger partial charge in [0.15, 0.2) is 0 Å². The highest BCUT2D eigenvalue weighted by molar-refractivity contribution is 7.89. The van der Waals surface area contributed by atoms with Gasteiger partial charge in [-0.15, -0.1) is 0 Å². The van der Waals surface area contributed by atoms with Gasteiger partial charge in [-0.05, 0) is 68.8 Å². The molecule has 2 aromatic rings. The Kier molecular flexibility index (Phi) is 7.16. The lowest BCUT2D eigenvalue weighted by Crippen LogP contribution is -2.47. The van der Waals surface area contributed by atoms with Gasteiger partial charge in [0.1, 0.15) is 5.75 Å². The molecule has 0 bridgehead atoms. The van der Waals surface area contributed by atoms with E-state index in [1.54, 1.807) is 31.4 Å². The molecule has 29 heavy (non-hydrogen) atoms. The highest BCUT2D eigenvalue weighted by atomic mass is 32.2. The molecule has 0 saturated carbocycles. The lowest BCUT2D eigenvalue weighted by Gasteiger charge is -2.36. The molecule has 1 heterocycles. The van der Waals surface area contributed by atoms with Gasteiger partial charge in [0.2, 0.25) is 10.0 Å². The average molecular weight is 418 g/mol. The molecule has 7 heteroatoms. The van der Waals surface area contributed by atoms with E-state index in [0.717, 1.165) is 39.1 Å². The summed E-state index contributed by atoms with van der Waals surface area (Å²) in [6.45, 7) is 8.90. The van der Waals surface area contributed by atoms with Crippen LogP contribution in [0.2, 0.25) is 0 Å². The fraction of sp³-hybridized carbons (Fsp3) is 0.455. The molecule has 3 rings (SSSR count). The smallest absolute Gasteiger partial charge is 0.240 e. The van der Waals surface area contributed by atoms with Crippen molar-refractivity contribution in [2.24, 2.45) is 0 Å². The number of piperazine rings is 1. The molecule has 6 nitrogen and oxygen atoms in total. The van der Waals surface area contributed by atoms with E-state index in [2.05, 4.69) is 45.7 Å². The van der Waals surface area contributed by atoms with E-state index < -0.39 is 10.0 Å². The number of nitrogens with zero attached hydrogens (tertiary/aromatic N) is 2. The van der Waals surface area contributed by atoms with E-state index in [9.17, 15) is 8.42 Å². The molecule has 0 amide bonds. The van der Waals surface area contributed by atoms with Crippen molar-refractivity contribution in [3.63, 3.8) is 0 Å². The second kappa shape index (κ2) is 9.61. The zero-order valence-corrected chi connectivity index (χ0v) is 18.3. The standard InChI is InChI=1S/C22H31N3O3S/c1-18-5-4-6-20(17-18)25-15-13-24(14-16-25)12-11-19(2)23-29(26,27)22-9-7-21(28-3)8-10-22/h4-10,17,19,23H,11-16H2,1-3H3. The predicted molar refractivity (Wildman–Crippen MR) is 117 cm³/mol. The molecule has 0 aliphatic carbocycles. The second-order valence-corrected chi connectivity index (χ2v) is 9.37. The lowest BCUT2D eigenvalue weighted by atomic mass is 10.2. The molecule has 2 aromatic carbocycles. The van der Waals surface area contributed by atoms with E-state index >= 15 is 0 Å². The first kappa shape index (κ1) is 21.6. The Morgan fingerprint density at radius 1 is 1.07 bits per heavy atom. The SMILES string of the molecule is COc1ccc(S(=O)(=O)NC(C)CCN2CCN(c3cccc(C)c3)CC2)cc1. The van der Waals surface area contributed by atoms with Crippen LogP contribution in [0.15, 0.2) is 53.4 Å². The minimum absolute atomic E-state index is 0.128. The van der Waals surface area contributed by atoms with E-state index in [1.807, 2.05) is 6.92 Å². The summed E-state index contributed by atoms with van der Waals surface area (Å²) >= 11 is 0. The third-order valence-corrected chi connectivity index (χ3v) is 6.95. The van der Waals surface area contributed by atoms with Gasteiger partial charge in [-0.1, -0.05) is 12.1 Å². The van der Waals surface area contributed by atoms with Crippen LogP contribution in [-0.2, 0) is 10.0 Å². The van der Waals surface area contributed by atoms with Gasteiger partial charge >= 0.3 is 0 Å². The van der Waals surface area contributed by atoms with Crippen molar-refractivity contribution in [2.45, 2.75) is 31.2 Å².